The van der Waals surface area contributed by atoms with Crippen molar-refractivity contribution in [2.24, 2.45) is 10.1 Å². The summed E-state index contributed by atoms with van der Waals surface area (Å²) in [6, 6.07) is 21.0. The van der Waals surface area contributed by atoms with E-state index < -0.39 is 5.91 Å². The molecule has 8 nitrogen and oxygen atoms in total. The van der Waals surface area contributed by atoms with Crippen LogP contribution >= 0.6 is 11.8 Å². The summed E-state index contributed by atoms with van der Waals surface area (Å²) in [6.07, 6.45) is 1.61. The van der Waals surface area contributed by atoms with Gasteiger partial charge >= 0.3 is 0 Å². The Morgan fingerprint density at radius 2 is 1.68 bits per heavy atom. The number of hydrogen-bond donors (Lipinski definition) is 1. The van der Waals surface area contributed by atoms with E-state index >= 15 is 0 Å². The monoisotopic (exact) mass is 526 g/mol. The lowest BCUT2D eigenvalue weighted by atomic mass is 10.1. The molecule has 3 aromatic rings. The molecule has 2 aliphatic heterocycles. The van der Waals surface area contributed by atoms with Gasteiger partial charge in [0.1, 0.15) is 24.0 Å². The van der Waals surface area contributed by atoms with Gasteiger partial charge in [0, 0.05) is 5.56 Å². The molecule has 0 radical (unpaired) electrons. The molecule has 0 aliphatic carbocycles. The summed E-state index contributed by atoms with van der Waals surface area (Å²) in [5, 5.41) is 15.6. The lowest BCUT2D eigenvalue weighted by Crippen LogP contribution is -2.35. The van der Waals surface area contributed by atoms with Gasteiger partial charge in [0.05, 0.1) is 12.7 Å². The Morgan fingerprint density at radius 1 is 0.947 bits per heavy atom. The molecule has 1 N–H and O–H groups in total. The Hall–Kier alpha value is -4.37. The number of amidine groups is 2. The van der Waals surface area contributed by atoms with Crippen molar-refractivity contribution in [3.63, 3.8) is 0 Å². The van der Waals surface area contributed by atoms with E-state index in [0.717, 1.165) is 16.9 Å². The molecule has 0 saturated heterocycles. The van der Waals surface area contributed by atoms with Crippen LogP contribution in [0.5, 0.6) is 17.2 Å². The van der Waals surface area contributed by atoms with Gasteiger partial charge in [-0.3, -0.25) is 10.2 Å². The molecule has 0 aromatic heterocycles. The molecule has 0 saturated carbocycles. The number of ether oxygens (including phenoxy) is 3. The van der Waals surface area contributed by atoms with Crippen LogP contribution in [0.3, 0.4) is 0 Å². The molecule has 38 heavy (non-hydrogen) atoms. The van der Waals surface area contributed by atoms with Crippen LogP contribution in [-0.2, 0) is 4.79 Å². The van der Waals surface area contributed by atoms with Gasteiger partial charge in [-0.05, 0) is 61.0 Å². The third-order valence-corrected chi connectivity index (χ3v) is 6.86. The van der Waals surface area contributed by atoms with Crippen molar-refractivity contribution in [1.82, 2.24) is 5.01 Å². The lowest BCUT2D eigenvalue weighted by molar-refractivity contribution is -0.114. The number of amides is 1. The Bertz CT molecular complexity index is 1500. The number of thioether (sulfide) groups is 1. The lowest BCUT2D eigenvalue weighted by Gasteiger charge is -2.20. The second-order valence-corrected chi connectivity index (χ2v) is 9.62. The second-order valence-electron chi connectivity index (χ2n) is 8.67. The van der Waals surface area contributed by atoms with Crippen LogP contribution in [0.25, 0.3) is 6.08 Å². The van der Waals surface area contributed by atoms with Crippen LogP contribution in [-0.4, -0.2) is 47.3 Å². The van der Waals surface area contributed by atoms with Gasteiger partial charge in [0.25, 0.3) is 5.91 Å². The first-order valence-electron chi connectivity index (χ1n) is 12.0. The minimum atomic E-state index is -0.485. The molecule has 3 aromatic carbocycles. The van der Waals surface area contributed by atoms with Gasteiger partial charge in [-0.2, -0.15) is 15.1 Å². The van der Waals surface area contributed by atoms with E-state index in [4.69, 9.17) is 19.6 Å². The molecule has 2 heterocycles. The summed E-state index contributed by atoms with van der Waals surface area (Å²) in [5.41, 5.74) is 3.98. The topological polar surface area (TPSA) is 96.6 Å². The van der Waals surface area contributed by atoms with Crippen LogP contribution in [0.4, 0.5) is 0 Å². The van der Waals surface area contributed by atoms with Crippen LogP contribution in [0.2, 0.25) is 0 Å². The fourth-order valence-corrected chi connectivity index (χ4v) is 4.91. The van der Waals surface area contributed by atoms with Gasteiger partial charge in [-0.15, -0.1) is 0 Å². The summed E-state index contributed by atoms with van der Waals surface area (Å²) in [5.74, 6) is 1.38. The third kappa shape index (κ3) is 5.33. The van der Waals surface area contributed by atoms with Crippen molar-refractivity contribution >= 4 is 39.8 Å². The number of hydrogen-bond acceptors (Lipinski definition) is 7. The van der Waals surface area contributed by atoms with E-state index in [-0.39, 0.29) is 11.4 Å². The number of hydrazone groups is 1. The van der Waals surface area contributed by atoms with Crippen molar-refractivity contribution in [3.8, 4) is 17.2 Å². The first kappa shape index (κ1) is 25.3. The number of fused-ring (bicyclic) bond motifs is 1. The first-order valence-corrected chi connectivity index (χ1v) is 12.8. The minimum Gasteiger partial charge on any atom is -0.493 e. The summed E-state index contributed by atoms with van der Waals surface area (Å²) >= 11 is 1.27. The van der Waals surface area contributed by atoms with Gasteiger partial charge in [-0.25, -0.2) is 0 Å². The zero-order valence-corrected chi connectivity index (χ0v) is 22.0. The van der Waals surface area contributed by atoms with Gasteiger partial charge < -0.3 is 14.2 Å². The summed E-state index contributed by atoms with van der Waals surface area (Å²) in [4.78, 5) is 17.0. The fourth-order valence-electron chi connectivity index (χ4n) is 4.01. The van der Waals surface area contributed by atoms with Gasteiger partial charge in [0.2, 0.25) is 5.17 Å². The van der Waals surface area contributed by atoms with Crippen molar-refractivity contribution in [3.05, 3.63) is 94.6 Å². The molecule has 9 heteroatoms. The summed E-state index contributed by atoms with van der Waals surface area (Å²) in [6.45, 7) is 4.77. The molecular weight excluding hydrogens is 500 g/mol. The highest BCUT2D eigenvalue weighted by Gasteiger charge is 2.36. The average molecular weight is 527 g/mol. The highest BCUT2D eigenvalue weighted by molar-refractivity contribution is 8.27. The van der Waals surface area contributed by atoms with Crippen LogP contribution in [0, 0.1) is 19.3 Å². The van der Waals surface area contributed by atoms with E-state index in [1.165, 1.54) is 22.3 Å². The number of methoxy groups -OCH3 is 1. The number of aryl methyl sites for hydroxylation is 2. The van der Waals surface area contributed by atoms with Crippen molar-refractivity contribution < 1.29 is 19.0 Å². The highest BCUT2D eigenvalue weighted by atomic mass is 32.2. The number of nitrogens with one attached hydrogen (secondary N) is 1. The number of carbonyl (C=O) groups excluding carboxylic acids is 1. The van der Waals surface area contributed by atoms with Crippen molar-refractivity contribution in [2.45, 2.75) is 13.8 Å². The maximum atomic E-state index is 12.8. The van der Waals surface area contributed by atoms with Crippen molar-refractivity contribution in [2.75, 3.05) is 20.3 Å². The molecule has 0 bridgehead atoms. The van der Waals surface area contributed by atoms with E-state index in [0.29, 0.717) is 40.5 Å². The molecule has 0 fully saturated rings. The maximum absolute atomic E-state index is 12.8. The quantitative estimate of drug-likeness (QED) is 0.310. The molecule has 192 valence electrons. The number of nitrogens with zero attached hydrogens (tertiary/aromatic N) is 3. The zero-order valence-electron chi connectivity index (χ0n) is 21.2. The van der Waals surface area contributed by atoms with E-state index in [2.05, 4.69) is 16.2 Å². The Labute approximate surface area is 225 Å². The average Bonchev–Trinajstić information content (AvgIpc) is 3.35. The third-order valence-electron chi connectivity index (χ3n) is 5.90. The molecule has 2 aliphatic rings. The standard InChI is InChI=1S/C29H26N4O4S/c1-18-9-11-23(19(2)15-18)36-13-14-37-24-12-10-20(17-25(24)35-3)16-22-26(30)33-29(31-27(22)34)38-28(32-33)21-7-5-4-6-8-21/h4-12,15-17,30H,13-14H2,1-3H3. The zero-order chi connectivity index (χ0) is 26.6. The maximum Gasteiger partial charge on any atom is 0.283 e. The molecule has 0 atom stereocenters. The Balaban J connectivity index is 1.28. The van der Waals surface area contributed by atoms with Crippen LogP contribution in [0.1, 0.15) is 22.3 Å². The second kappa shape index (κ2) is 10.9. The SMILES string of the molecule is COc1cc(C=C2C(=N)N3N=C(c4ccccc4)SC3=NC2=O)ccc1OCCOc1ccc(C)cc1C. The Morgan fingerprint density at radius 3 is 2.42 bits per heavy atom. The summed E-state index contributed by atoms with van der Waals surface area (Å²) < 4.78 is 17.2. The minimum absolute atomic E-state index is 0.0266. The fraction of sp³-hybridized carbons (Fsp3) is 0.172. The Kier molecular flexibility index (Phi) is 7.28. The van der Waals surface area contributed by atoms with Crippen LogP contribution < -0.4 is 14.2 Å². The van der Waals surface area contributed by atoms with Crippen molar-refractivity contribution in [1.29, 1.82) is 5.41 Å². The number of carbonyl (C=O) groups is 1. The van der Waals surface area contributed by atoms with E-state index in [1.807, 2.05) is 56.3 Å². The molecule has 0 spiro atoms. The number of rotatable bonds is 8. The van der Waals surface area contributed by atoms with E-state index in [1.54, 1.807) is 31.4 Å². The normalized spacial score (nSPS) is 15.8. The summed E-state index contributed by atoms with van der Waals surface area (Å²) in [7, 11) is 1.55. The van der Waals surface area contributed by atoms with Gasteiger partial charge in [0.15, 0.2) is 17.3 Å². The largest absolute Gasteiger partial charge is 0.493 e. The predicted octanol–water partition coefficient (Wildman–Crippen LogP) is 5.44. The number of benzene rings is 3. The predicted molar refractivity (Wildman–Crippen MR) is 150 cm³/mol. The smallest absolute Gasteiger partial charge is 0.283 e. The highest BCUT2D eigenvalue weighted by Crippen LogP contribution is 2.33. The van der Waals surface area contributed by atoms with E-state index in [9.17, 15) is 4.79 Å². The van der Waals surface area contributed by atoms with Crippen LogP contribution in [0.15, 0.2) is 82.4 Å². The molecular formula is C29H26N4O4S. The number of aliphatic imine (C=N–C) groups is 1. The first-order chi connectivity index (χ1) is 18.4. The molecule has 5 rings (SSSR count). The van der Waals surface area contributed by atoms with Gasteiger partial charge in [-0.1, -0.05) is 54.1 Å². The molecule has 1 amide bonds. The molecule has 0 unspecified atom stereocenters.